The third kappa shape index (κ3) is 8.41. The smallest absolute Gasteiger partial charge is 0.317 e. The van der Waals surface area contributed by atoms with Gasteiger partial charge in [0.1, 0.15) is 0 Å². The van der Waals surface area contributed by atoms with Gasteiger partial charge >= 0.3 is 12.0 Å². The Balaban J connectivity index is 1.61. The molecular formula is C18H33N5O5. The van der Waals surface area contributed by atoms with Crippen molar-refractivity contribution in [2.75, 3.05) is 59.0 Å². The summed E-state index contributed by atoms with van der Waals surface area (Å²) in [6.45, 7) is 4.28. The van der Waals surface area contributed by atoms with Crippen LogP contribution in [0, 0.1) is 5.92 Å². The van der Waals surface area contributed by atoms with E-state index in [0.717, 1.165) is 45.4 Å². The number of carbonyl (C=O) groups is 3. The zero-order chi connectivity index (χ0) is 20.4. The summed E-state index contributed by atoms with van der Waals surface area (Å²) in [5.41, 5.74) is 5.12. The number of carbonyl (C=O) groups excluding carboxylic acids is 2. The van der Waals surface area contributed by atoms with E-state index in [9.17, 15) is 14.4 Å². The van der Waals surface area contributed by atoms with E-state index in [0.29, 0.717) is 19.0 Å². The molecule has 160 valence electrons. The second-order valence-electron chi connectivity index (χ2n) is 7.52. The van der Waals surface area contributed by atoms with E-state index in [2.05, 4.69) is 10.6 Å². The highest BCUT2D eigenvalue weighted by atomic mass is 16.5. The minimum absolute atomic E-state index is 0.151. The minimum atomic E-state index is -1.04. The monoisotopic (exact) mass is 399 g/mol. The number of likely N-dealkylation sites (tertiary alicyclic amines) is 1. The van der Waals surface area contributed by atoms with Gasteiger partial charge in [-0.2, -0.15) is 0 Å². The topological polar surface area (TPSA) is 137 Å². The Morgan fingerprint density at radius 1 is 1.14 bits per heavy atom. The van der Waals surface area contributed by atoms with Crippen LogP contribution in [0.1, 0.15) is 25.7 Å². The van der Waals surface area contributed by atoms with Gasteiger partial charge in [-0.05, 0) is 44.7 Å². The van der Waals surface area contributed by atoms with Crippen molar-refractivity contribution in [3.05, 3.63) is 0 Å². The average molecular weight is 399 g/mol. The van der Waals surface area contributed by atoms with Crippen LogP contribution < -0.4 is 16.4 Å². The maximum Gasteiger partial charge on any atom is 0.317 e. The fraction of sp³-hybridized carbons (Fsp3) is 0.833. The molecule has 2 aliphatic rings. The number of piperidine rings is 2. The van der Waals surface area contributed by atoms with Crippen molar-refractivity contribution in [1.29, 1.82) is 0 Å². The van der Waals surface area contributed by atoms with E-state index < -0.39 is 11.9 Å². The summed E-state index contributed by atoms with van der Waals surface area (Å²) < 4.78 is 6.04. The van der Waals surface area contributed by atoms with Crippen molar-refractivity contribution in [2.45, 2.75) is 31.8 Å². The van der Waals surface area contributed by atoms with Crippen molar-refractivity contribution in [3.8, 4) is 0 Å². The fourth-order valence-corrected chi connectivity index (χ4v) is 3.60. The molecule has 0 radical (unpaired) electrons. The summed E-state index contributed by atoms with van der Waals surface area (Å²) >= 11 is 0. The van der Waals surface area contributed by atoms with Crippen molar-refractivity contribution in [1.82, 2.24) is 20.4 Å². The SMILES string of the molecule is NC(=O)CN(CCNC(=O)N1CCC(OCC2CCNCC2)CC1)CC(=O)O. The zero-order valence-corrected chi connectivity index (χ0v) is 16.4. The Morgan fingerprint density at radius 3 is 2.43 bits per heavy atom. The summed E-state index contributed by atoms with van der Waals surface area (Å²) in [6.07, 6.45) is 4.18. The predicted octanol–water partition coefficient (Wildman–Crippen LogP) is -0.951. The molecule has 28 heavy (non-hydrogen) atoms. The number of carboxylic acid groups (broad SMARTS) is 1. The normalized spacial score (nSPS) is 19.0. The summed E-state index contributed by atoms with van der Waals surface area (Å²) in [5, 5.41) is 15.0. The van der Waals surface area contributed by atoms with Crippen molar-refractivity contribution in [3.63, 3.8) is 0 Å². The number of amides is 3. The third-order valence-corrected chi connectivity index (χ3v) is 5.20. The lowest BCUT2D eigenvalue weighted by Crippen LogP contribution is -2.48. The van der Waals surface area contributed by atoms with Crippen molar-refractivity contribution < 1.29 is 24.2 Å². The predicted molar refractivity (Wildman–Crippen MR) is 103 cm³/mol. The van der Waals surface area contributed by atoms with Crippen LogP contribution in [0.25, 0.3) is 0 Å². The van der Waals surface area contributed by atoms with Crippen LogP contribution in [0.2, 0.25) is 0 Å². The number of carboxylic acids is 1. The Labute approximate surface area is 165 Å². The van der Waals surface area contributed by atoms with Crippen LogP contribution in [0.15, 0.2) is 0 Å². The molecule has 0 atom stereocenters. The molecule has 0 saturated carbocycles. The third-order valence-electron chi connectivity index (χ3n) is 5.20. The molecule has 2 saturated heterocycles. The molecule has 2 rings (SSSR count). The molecule has 0 aromatic carbocycles. The Kier molecular flexibility index (Phi) is 9.45. The van der Waals surface area contributed by atoms with Crippen LogP contribution in [0.3, 0.4) is 0 Å². The Bertz CT molecular complexity index is 502. The number of hydrogen-bond donors (Lipinski definition) is 4. The van der Waals surface area contributed by atoms with E-state index in [1.165, 1.54) is 4.90 Å². The number of aliphatic carboxylic acids is 1. The van der Waals surface area contributed by atoms with Gasteiger partial charge in [-0.25, -0.2) is 4.79 Å². The molecule has 0 aromatic rings. The Hall–Kier alpha value is -1.91. The van der Waals surface area contributed by atoms with Gasteiger partial charge in [0.15, 0.2) is 0 Å². The highest BCUT2D eigenvalue weighted by molar-refractivity contribution is 5.77. The maximum absolute atomic E-state index is 12.3. The van der Waals surface area contributed by atoms with Crippen LogP contribution in [-0.4, -0.2) is 97.9 Å². The largest absolute Gasteiger partial charge is 0.480 e. The standard InChI is InChI=1S/C18H33N5O5/c19-16(24)11-22(12-17(25)26)10-7-21-18(27)23-8-3-15(4-9-23)28-13-14-1-5-20-6-2-14/h14-15,20H,1-13H2,(H2,19,24)(H,21,27)(H,25,26). The highest BCUT2D eigenvalue weighted by Gasteiger charge is 2.24. The van der Waals surface area contributed by atoms with E-state index in [1.807, 2.05) is 0 Å². The van der Waals surface area contributed by atoms with Crippen LogP contribution in [0.5, 0.6) is 0 Å². The van der Waals surface area contributed by atoms with Gasteiger partial charge < -0.3 is 31.1 Å². The van der Waals surface area contributed by atoms with Crippen LogP contribution in [0.4, 0.5) is 4.79 Å². The molecule has 0 aliphatic carbocycles. The fourth-order valence-electron chi connectivity index (χ4n) is 3.60. The first kappa shape index (κ1) is 22.4. The number of rotatable bonds is 10. The number of hydrogen-bond acceptors (Lipinski definition) is 6. The lowest BCUT2D eigenvalue weighted by Gasteiger charge is -2.33. The first-order chi connectivity index (χ1) is 13.4. The molecule has 5 N–H and O–H groups in total. The minimum Gasteiger partial charge on any atom is -0.480 e. The first-order valence-corrected chi connectivity index (χ1v) is 10.0. The van der Waals surface area contributed by atoms with Gasteiger partial charge in [0.2, 0.25) is 5.91 Å². The lowest BCUT2D eigenvalue weighted by molar-refractivity contribution is -0.138. The quantitative estimate of drug-likeness (QED) is 0.372. The number of nitrogens with zero attached hydrogens (tertiary/aromatic N) is 2. The molecular weight excluding hydrogens is 366 g/mol. The van der Waals surface area contributed by atoms with Crippen molar-refractivity contribution >= 4 is 17.9 Å². The molecule has 0 spiro atoms. The van der Waals surface area contributed by atoms with Crippen molar-refractivity contribution in [2.24, 2.45) is 11.7 Å². The van der Waals surface area contributed by atoms with Crippen LogP contribution in [-0.2, 0) is 14.3 Å². The van der Waals surface area contributed by atoms with Gasteiger partial charge in [-0.15, -0.1) is 0 Å². The summed E-state index contributed by atoms with van der Waals surface area (Å²) in [7, 11) is 0. The van der Waals surface area contributed by atoms with E-state index in [-0.39, 0.29) is 38.3 Å². The first-order valence-electron chi connectivity index (χ1n) is 10.0. The van der Waals surface area contributed by atoms with Gasteiger partial charge in [0, 0.05) is 32.8 Å². The van der Waals surface area contributed by atoms with E-state index in [1.54, 1.807) is 4.90 Å². The molecule has 2 fully saturated rings. The number of primary amides is 1. The number of nitrogens with two attached hydrogens (primary N) is 1. The molecule has 10 nitrogen and oxygen atoms in total. The van der Waals surface area contributed by atoms with Gasteiger partial charge in [0.25, 0.3) is 0 Å². The summed E-state index contributed by atoms with van der Waals surface area (Å²) in [5.74, 6) is -1.00. The van der Waals surface area contributed by atoms with Gasteiger partial charge in [-0.3, -0.25) is 14.5 Å². The Morgan fingerprint density at radius 2 is 1.82 bits per heavy atom. The number of ether oxygens (including phenoxy) is 1. The second kappa shape index (κ2) is 11.8. The lowest BCUT2D eigenvalue weighted by atomic mass is 9.99. The summed E-state index contributed by atoms with van der Waals surface area (Å²) in [6, 6.07) is -0.175. The number of urea groups is 1. The average Bonchev–Trinajstić information content (AvgIpc) is 2.66. The van der Waals surface area contributed by atoms with E-state index in [4.69, 9.17) is 15.6 Å². The molecule has 0 unspecified atom stereocenters. The summed E-state index contributed by atoms with van der Waals surface area (Å²) in [4.78, 5) is 37.2. The molecule has 10 heteroatoms. The highest BCUT2D eigenvalue weighted by Crippen LogP contribution is 2.18. The maximum atomic E-state index is 12.3. The number of nitrogens with one attached hydrogen (secondary N) is 2. The van der Waals surface area contributed by atoms with Gasteiger partial charge in [0.05, 0.1) is 19.2 Å². The molecule has 2 heterocycles. The molecule has 0 bridgehead atoms. The second-order valence-corrected chi connectivity index (χ2v) is 7.52. The van der Waals surface area contributed by atoms with Gasteiger partial charge in [-0.1, -0.05) is 0 Å². The molecule has 0 aromatic heterocycles. The zero-order valence-electron chi connectivity index (χ0n) is 16.4. The van der Waals surface area contributed by atoms with Crippen LogP contribution >= 0.6 is 0 Å². The molecule has 2 aliphatic heterocycles. The molecule has 3 amide bonds. The van der Waals surface area contributed by atoms with E-state index >= 15 is 0 Å².